The molecule has 0 saturated heterocycles. The van der Waals surface area contributed by atoms with Crippen LogP contribution in [0.2, 0.25) is 5.02 Å². The van der Waals surface area contributed by atoms with Crippen LogP contribution in [-0.2, 0) is 6.54 Å². The Morgan fingerprint density at radius 3 is 3.00 bits per heavy atom. The molecule has 5 nitrogen and oxygen atoms in total. The van der Waals surface area contributed by atoms with Crippen LogP contribution in [-0.4, -0.2) is 20.2 Å². The zero-order chi connectivity index (χ0) is 11.8. The van der Waals surface area contributed by atoms with Gasteiger partial charge in [-0.2, -0.15) is 0 Å². The van der Waals surface area contributed by atoms with Crippen molar-refractivity contribution in [1.29, 1.82) is 0 Å². The predicted molar refractivity (Wildman–Crippen MR) is 65.4 cm³/mol. The summed E-state index contributed by atoms with van der Waals surface area (Å²) in [7, 11) is 0. The van der Waals surface area contributed by atoms with Gasteiger partial charge in [0.15, 0.2) is 5.82 Å². The number of benzene rings is 1. The molecule has 1 fully saturated rings. The van der Waals surface area contributed by atoms with E-state index in [2.05, 4.69) is 15.5 Å². The van der Waals surface area contributed by atoms with Crippen molar-refractivity contribution >= 4 is 17.3 Å². The first-order valence-electron chi connectivity index (χ1n) is 5.55. The molecule has 88 valence electrons. The Bertz CT molecular complexity index is 547. The van der Waals surface area contributed by atoms with Crippen molar-refractivity contribution in [3.8, 4) is 11.4 Å². The normalized spacial score (nSPS) is 15.1. The summed E-state index contributed by atoms with van der Waals surface area (Å²) in [5.74, 6) is 1.39. The molecule has 2 aromatic rings. The first-order chi connectivity index (χ1) is 8.24. The van der Waals surface area contributed by atoms with Gasteiger partial charge < -0.3 is 5.73 Å². The van der Waals surface area contributed by atoms with E-state index in [0.29, 0.717) is 22.5 Å². The summed E-state index contributed by atoms with van der Waals surface area (Å²) >= 11 is 6.15. The lowest BCUT2D eigenvalue weighted by Crippen LogP contribution is -2.05. The van der Waals surface area contributed by atoms with Crippen molar-refractivity contribution in [3.05, 3.63) is 23.2 Å². The Morgan fingerprint density at radius 1 is 1.41 bits per heavy atom. The Labute approximate surface area is 104 Å². The number of nitrogens with two attached hydrogens (primary N) is 1. The van der Waals surface area contributed by atoms with Crippen LogP contribution in [0.15, 0.2) is 18.2 Å². The summed E-state index contributed by atoms with van der Waals surface area (Å²) in [6.07, 6.45) is 2.51. The van der Waals surface area contributed by atoms with E-state index in [4.69, 9.17) is 17.3 Å². The number of rotatable bonds is 3. The third-order valence-electron chi connectivity index (χ3n) is 2.89. The third kappa shape index (κ3) is 2.10. The number of anilines is 1. The fourth-order valence-electron chi connectivity index (χ4n) is 1.78. The number of halogens is 1. The quantitative estimate of drug-likeness (QED) is 0.845. The van der Waals surface area contributed by atoms with Gasteiger partial charge in [0, 0.05) is 17.8 Å². The van der Waals surface area contributed by atoms with Crippen LogP contribution < -0.4 is 5.73 Å². The fraction of sp³-hybridized carbons (Fsp3) is 0.364. The molecule has 6 heteroatoms. The molecule has 1 aliphatic rings. The minimum absolute atomic E-state index is 0.617. The molecule has 0 radical (unpaired) electrons. The molecule has 0 unspecified atom stereocenters. The molecule has 1 heterocycles. The molecule has 0 bridgehead atoms. The highest BCUT2D eigenvalue weighted by atomic mass is 35.5. The lowest BCUT2D eigenvalue weighted by atomic mass is 10.2. The average Bonchev–Trinajstić information content (AvgIpc) is 3.00. The maximum absolute atomic E-state index is 6.15. The molecule has 1 saturated carbocycles. The van der Waals surface area contributed by atoms with Gasteiger partial charge in [0.05, 0.1) is 5.02 Å². The van der Waals surface area contributed by atoms with Gasteiger partial charge in [-0.3, -0.25) is 0 Å². The van der Waals surface area contributed by atoms with Gasteiger partial charge in [0.25, 0.3) is 0 Å². The predicted octanol–water partition coefficient (Wildman–Crippen LogP) is 1.99. The molecular weight excluding hydrogens is 238 g/mol. The van der Waals surface area contributed by atoms with E-state index in [1.807, 2.05) is 0 Å². The lowest BCUT2D eigenvalue weighted by Gasteiger charge is -2.06. The van der Waals surface area contributed by atoms with Gasteiger partial charge in [-0.05, 0) is 47.4 Å². The third-order valence-corrected chi connectivity index (χ3v) is 3.22. The Balaban J connectivity index is 2.01. The molecule has 1 aromatic heterocycles. The molecular formula is C11H12ClN5. The van der Waals surface area contributed by atoms with Crippen molar-refractivity contribution in [2.45, 2.75) is 19.4 Å². The SMILES string of the molecule is Nc1ccc(Cl)c(-c2nnnn2CC2CC2)c1. The summed E-state index contributed by atoms with van der Waals surface area (Å²) < 4.78 is 1.80. The van der Waals surface area contributed by atoms with E-state index in [1.165, 1.54) is 12.8 Å². The van der Waals surface area contributed by atoms with Crippen LogP contribution in [0.3, 0.4) is 0 Å². The maximum atomic E-state index is 6.15. The number of hydrogen-bond donors (Lipinski definition) is 1. The average molecular weight is 250 g/mol. The molecule has 17 heavy (non-hydrogen) atoms. The molecule has 0 atom stereocenters. The molecule has 0 spiro atoms. The van der Waals surface area contributed by atoms with Crippen LogP contribution in [0.4, 0.5) is 5.69 Å². The van der Waals surface area contributed by atoms with E-state index in [-0.39, 0.29) is 0 Å². The first-order valence-corrected chi connectivity index (χ1v) is 5.93. The second-order valence-electron chi connectivity index (χ2n) is 4.37. The van der Waals surface area contributed by atoms with E-state index >= 15 is 0 Å². The second kappa shape index (κ2) is 4.00. The van der Waals surface area contributed by atoms with Crippen LogP contribution in [0.5, 0.6) is 0 Å². The van der Waals surface area contributed by atoms with Gasteiger partial charge in [0.1, 0.15) is 0 Å². The van der Waals surface area contributed by atoms with Gasteiger partial charge in [-0.15, -0.1) is 5.10 Å². The summed E-state index contributed by atoms with van der Waals surface area (Å²) in [5, 5.41) is 12.4. The Kier molecular flexibility index (Phi) is 2.48. The van der Waals surface area contributed by atoms with E-state index < -0.39 is 0 Å². The number of aromatic nitrogens is 4. The van der Waals surface area contributed by atoms with Crippen LogP contribution >= 0.6 is 11.6 Å². The van der Waals surface area contributed by atoms with Crippen LogP contribution in [0.25, 0.3) is 11.4 Å². The number of tetrazole rings is 1. The van der Waals surface area contributed by atoms with Crippen LogP contribution in [0.1, 0.15) is 12.8 Å². The number of nitrogen functional groups attached to an aromatic ring is 1. The molecule has 0 aliphatic heterocycles. The summed E-state index contributed by atoms with van der Waals surface area (Å²) in [6.45, 7) is 0.855. The van der Waals surface area contributed by atoms with E-state index in [0.717, 1.165) is 12.1 Å². The first kappa shape index (κ1) is 10.5. The minimum Gasteiger partial charge on any atom is -0.399 e. The summed E-state index contributed by atoms with van der Waals surface area (Å²) in [5.41, 5.74) is 7.21. The molecule has 0 amide bonds. The van der Waals surface area contributed by atoms with Crippen molar-refractivity contribution in [2.24, 2.45) is 5.92 Å². The number of hydrogen-bond acceptors (Lipinski definition) is 4. The highest BCUT2D eigenvalue weighted by Crippen LogP contribution is 2.33. The zero-order valence-corrected chi connectivity index (χ0v) is 9.93. The van der Waals surface area contributed by atoms with Gasteiger partial charge >= 0.3 is 0 Å². The van der Waals surface area contributed by atoms with Gasteiger partial charge in [0.2, 0.25) is 0 Å². The van der Waals surface area contributed by atoms with E-state index in [1.54, 1.807) is 22.9 Å². The standard InChI is InChI=1S/C11H12ClN5/c12-10-4-3-8(13)5-9(10)11-14-15-16-17(11)6-7-1-2-7/h3-5,7H,1-2,6,13H2. The number of nitrogens with zero attached hydrogens (tertiary/aromatic N) is 4. The van der Waals surface area contributed by atoms with E-state index in [9.17, 15) is 0 Å². The van der Waals surface area contributed by atoms with Gasteiger partial charge in [-0.25, -0.2) is 4.68 Å². The lowest BCUT2D eigenvalue weighted by molar-refractivity contribution is 0.548. The summed E-state index contributed by atoms with van der Waals surface area (Å²) in [4.78, 5) is 0. The highest BCUT2D eigenvalue weighted by Gasteiger charge is 2.24. The highest BCUT2D eigenvalue weighted by molar-refractivity contribution is 6.33. The topological polar surface area (TPSA) is 69.6 Å². The molecule has 1 aromatic carbocycles. The fourth-order valence-corrected chi connectivity index (χ4v) is 1.98. The molecule has 2 N–H and O–H groups in total. The minimum atomic E-state index is 0.617. The largest absolute Gasteiger partial charge is 0.399 e. The van der Waals surface area contributed by atoms with Crippen molar-refractivity contribution in [3.63, 3.8) is 0 Å². The molecule has 1 aliphatic carbocycles. The van der Waals surface area contributed by atoms with Gasteiger partial charge in [-0.1, -0.05) is 11.6 Å². The molecule has 3 rings (SSSR count). The second-order valence-corrected chi connectivity index (χ2v) is 4.77. The zero-order valence-electron chi connectivity index (χ0n) is 9.17. The van der Waals surface area contributed by atoms with Crippen LogP contribution in [0, 0.1) is 5.92 Å². The smallest absolute Gasteiger partial charge is 0.183 e. The Hall–Kier alpha value is -1.62. The van der Waals surface area contributed by atoms with Crippen molar-refractivity contribution < 1.29 is 0 Å². The summed E-state index contributed by atoms with van der Waals surface area (Å²) in [6, 6.07) is 5.33. The van der Waals surface area contributed by atoms with Crippen molar-refractivity contribution in [2.75, 3.05) is 5.73 Å². The van der Waals surface area contributed by atoms with Crippen molar-refractivity contribution in [1.82, 2.24) is 20.2 Å². The maximum Gasteiger partial charge on any atom is 0.183 e. The Morgan fingerprint density at radius 2 is 2.24 bits per heavy atom. The monoisotopic (exact) mass is 249 g/mol.